The third kappa shape index (κ3) is 11.9. The number of alkyl halides is 6. The summed E-state index contributed by atoms with van der Waals surface area (Å²) in [6, 6.07) is 23.1. The monoisotopic (exact) mass is 1080 g/mol. The molecule has 0 fully saturated rings. The van der Waals surface area contributed by atoms with Crippen molar-refractivity contribution in [2.24, 2.45) is 0 Å². The molecule has 4 heterocycles. The maximum atomic E-state index is 15.1. The average molecular weight is 1080 g/mol. The SMILES string of the molecule is CN(CCCN1C(=O)N(c2cccc(C(F)(F)F)c2)c2cn(CC[N+](C)(C)C)c(O)c2[C@H]1c1ccc(C#N)cc1)CCCN1C(=O)N(c2cccc(C(F)(F)F)c2)c2cn(CC[N+](C)(C)C)c(O)c2[C@H]1c1ccc(C#N)cc1. The number of likely N-dealkylation sites (N-methyl/N-ethyl adjacent to an activating group) is 2. The van der Waals surface area contributed by atoms with Crippen LogP contribution in [0.25, 0.3) is 0 Å². The summed E-state index contributed by atoms with van der Waals surface area (Å²) in [5.41, 5.74) is 0.796. The van der Waals surface area contributed by atoms with Crippen LogP contribution in [0.1, 0.15) is 69.4 Å². The third-order valence-electron chi connectivity index (χ3n) is 14.1. The molecule has 0 spiro atoms. The van der Waals surface area contributed by atoms with Crippen molar-refractivity contribution in [1.29, 1.82) is 10.5 Å². The zero-order valence-corrected chi connectivity index (χ0v) is 44.5. The van der Waals surface area contributed by atoms with E-state index in [2.05, 4.69) is 12.1 Å². The molecule has 2 aromatic heterocycles. The van der Waals surface area contributed by atoms with Gasteiger partial charge < -0.3 is 43.0 Å². The van der Waals surface area contributed by atoms with Crippen molar-refractivity contribution in [2.75, 3.05) is 98.4 Å². The number of amides is 4. The number of hydrogen-bond donors (Lipinski definition) is 2. The Balaban J connectivity index is 1.10. The molecule has 0 saturated carbocycles. The van der Waals surface area contributed by atoms with E-state index in [0.717, 1.165) is 24.3 Å². The number of urea groups is 2. The first-order valence-electron chi connectivity index (χ1n) is 25.4. The van der Waals surface area contributed by atoms with Crippen molar-refractivity contribution in [3.63, 3.8) is 0 Å². The van der Waals surface area contributed by atoms with Crippen molar-refractivity contribution in [2.45, 2.75) is 50.4 Å². The molecule has 4 aromatic carbocycles. The van der Waals surface area contributed by atoms with Crippen LogP contribution in [-0.4, -0.2) is 144 Å². The number of aromatic nitrogens is 2. The Morgan fingerprint density at radius 1 is 0.564 bits per heavy atom. The second-order valence-electron chi connectivity index (χ2n) is 21.9. The lowest BCUT2D eigenvalue weighted by Crippen LogP contribution is -2.48. The summed E-state index contributed by atoms with van der Waals surface area (Å²) in [5, 5.41) is 43.5. The Hall–Kier alpha value is -7.98. The fourth-order valence-corrected chi connectivity index (χ4v) is 10.0. The van der Waals surface area contributed by atoms with Crippen LogP contribution >= 0.6 is 0 Å². The van der Waals surface area contributed by atoms with E-state index in [0.29, 0.717) is 94.5 Å². The standard InChI is InChI=1S/C57H61F6N11O4/c1-66(24-10-26-69-50(40-20-16-38(34-64)17-21-40)48-46(36-67(52(48)75)28-30-73(2,3)4)71(54(69)77)44-14-8-12-42(32-44)56(58,59)60)25-11-27-70-51(41-22-18-39(35-65)19-23-41)49-47(37-68(53(49)76)29-31-74(5,6)7)72(55(70)78)45-15-9-13-43(33-45)57(61,62)63/h8-9,12-23,32-33,36-37,50-51H,10-11,24-31H2,1-7H3/p+2/t50-,51-/m1/s1. The Bertz CT molecular complexity index is 3040. The molecule has 21 heteroatoms. The molecule has 2 aliphatic rings. The Kier molecular flexibility index (Phi) is 15.7. The number of hydrogen-bond acceptors (Lipinski definition) is 7. The van der Waals surface area contributed by atoms with Crippen LogP contribution in [0, 0.1) is 22.7 Å². The number of fused-ring (bicyclic) bond motifs is 2. The van der Waals surface area contributed by atoms with E-state index in [1.165, 1.54) is 43.9 Å². The highest BCUT2D eigenvalue weighted by Gasteiger charge is 2.46. The molecule has 0 bridgehead atoms. The number of nitrogens with zero attached hydrogens (tertiary/aromatic N) is 11. The van der Waals surface area contributed by atoms with Gasteiger partial charge in [0.1, 0.15) is 0 Å². The summed E-state index contributed by atoms with van der Waals surface area (Å²) in [5.74, 6) is -0.336. The molecular weight excluding hydrogens is 1020 g/mol. The zero-order valence-electron chi connectivity index (χ0n) is 44.5. The molecule has 0 saturated heterocycles. The molecule has 78 heavy (non-hydrogen) atoms. The topological polar surface area (TPSA) is 148 Å². The molecule has 0 radical (unpaired) electrons. The van der Waals surface area contributed by atoms with Gasteiger partial charge in [-0.3, -0.25) is 9.80 Å². The van der Waals surface area contributed by atoms with Gasteiger partial charge >= 0.3 is 24.4 Å². The summed E-state index contributed by atoms with van der Waals surface area (Å²) >= 11 is 0. The van der Waals surface area contributed by atoms with Crippen molar-refractivity contribution in [1.82, 2.24) is 23.8 Å². The lowest BCUT2D eigenvalue weighted by molar-refractivity contribution is -0.871. The minimum absolute atomic E-state index is 0.0523. The summed E-state index contributed by atoms with van der Waals surface area (Å²) in [6.07, 6.45) is -5.63. The first kappa shape index (κ1) is 56.2. The number of aromatic hydroxyl groups is 2. The smallest absolute Gasteiger partial charge is 0.416 e. The highest BCUT2D eigenvalue weighted by molar-refractivity contribution is 6.04. The van der Waals surface area contributed by atoms with E-state index in [-0.39, 0.29) is 47.6 Å². The van der Waals surface area contributed by atoms with E-state index >= 15 is 9.59 Å². The molecule has 6 aromatic rings. The summed E-state index contributed by atoms with van der Waals surface area (Å²) in [4.78, 5) is 37.6. The van der Waals surface area contributed by atoms with E-state index < -0.39 is 47.6 Å². The van der Waals surface area contributed by atoms with Gasteiger partial charge in [0.2, 0.25) is 0 Å². The van der Waals surface area contributed by atoms with Crippen LogP contribution in [0.15, 0.2) is 109 Å². The normalized spacial score (nSPS) is 16.2. The Morgan fingerprint density at radius 2 is 0.923 bits per heavy atom. The van der Waals surface area contributed by atoms with Gasteiger partial charge in [0.25, 0.3) is 0 Å². The summed E-state index contributed by atoms with van der Waals surface area (Å²) in [7, 11) is 13.7. The quantitative estimate of drug-likeness (QED) is 0.0643. The second kappa shape index (κ2) is 21.8. The lowest BCUT2D eigenvalue weighted by Gasteiger charge is -2.42. The van der Waals surface area contributed by atoms with E-state index in [1.807, 2.05) is 54.2 Å². The number of rotatable bonds is 18. The van der Waals surface area contributed by atoms with Crippen LogP contribution in [0.3, 0.4) is 0 Å². The third-order valence-corrected chi connectivity index (χ3v) is 14.1. The molecule has 410 valence electrons. The minimum Gasteiger partial charge on any atom is -0.494 e. The number of carbonyl (C=O) groups excluding carboxylic acids is 2. The van der Waals surface area contributed by atoms with Crippen LogP contribution in [0.4, 0.5) is 58.7 Å². The van der Waals surface area contributed by atoms with Gasteiger partial charge in [0.15, 0.2) is 11.8 Å². The lowest BCUT2D eigenvalue weighted by atomic mass is 9.94. The van der Waals surface area contributed by atoms with Crippen molar-refractivity contribution >= 4 is 34.8 Å². The predicted octanol–water partition coefficient (Wildman–Crippen LogP) is 10.6. The molecule has 0 aliphatic carbocycles. The Labute approximate surface area is 449 Å². The highest BCUT2D eigenvalue weighted by Crippen LogP contribution is 2.51. The molecule has 2 N–H and O–H groups in total. The maximum absolute atomic E-state index is 15.1. The van der Waals surface area contributed by atoms with Crippen LogP contribution in [-0.2, 0) is 25.4 Å². The minimum atomic E-state index is -4.72. The largest absolute Gasteiger partial charge is 0.494 e. The average Bonchev–Trinajstić information content (AvgIpc) is 4.04. The van der Waals surface area contributed by atoms with Gasteiger partial charge in [0.05, 0.1) is 149 Å². The van der Waals surface area contributed by atoms with Gasteiger partial charge in [0, 0.05) is 25.5 Å². The summed E-state index contributed by atoms with van der Waals surface area (Å²) < 4.78 is 89.5. The zero-order chi connectivity index (χ0) is 56.6. The highest BCUT2D eigenvalue weighted by atomic mass is 19.4. The van der Waals surface area contributed by atoms with Crippen LogP contribution in [0.2, 0.25) is 0 Å². The number of halogens is 6. The van der Waals surface area contributed by atoms with Crippen molar-refractivity contribution in [3.05, 3.63) is 154 Å². The van der Waals surface area contributed by atoms with Gasteiger partial charge in [-0.25, -0.2) is 9.59 Å². The predicted molar refractivity (Wildman–Crippen MR) is 282 cm³/mol. The fraction of sp³-hybridized carbons (Fsp3) is 0.368. The molecule has 2 atom stereocenters. The van der Waals surface area contributed by atoms with Gasteiger partial charge in [-0.05, 0) is 105 Å². The second-order valence-corrected chi connectivity index (χ2v) is 21.9. The van der Waals surface area contributed by atoms with Gasteiger partial charge in [-0.15, -0.1) is 0 Å². The molecule has 2 aliphatic heterocycles. The molecule has 15 nitrogen and oxygen atoms in total. The van der Waals surface area contributed by atoms with Crippen molar-refractivity contribution in [3.8, 4) is 23.9 Å². The first-order valence-corrected chi connectivity index (χ1v) is 25.4. The van der Waals surface area contributed by atoms with Crippen LogP contribution in [0.5, 0.6) is 11.8 Å². The van der Waals surface area contributed by atoms with Crippen LogP contribution < -0.4 is 9.80 Å². The maximum Gasteiger partial charge on any atom is 0.416 e. The van der Waals surface area contributed by atoms with E-state index in [4.69, 9.17) is 0 Å². The molecule has 4 amide bonds. The van der Waals surface area contributed by atoms with Gasteiger partial charge in [-0.2, -0.15) is 36.9 Å². The number of nitriles is 2. The summed E-state index contributed by atoms with van der Waals surface area (Å²) in [6.45, 7) is 2.56. The first-order chi connectivity index (χ1) is 36.7. The van der Waals surface area contributed by atoms with E-state index in [9.17, 15) is 47.1 Å². The fourth-order valence-electron chi connectivity index (χ4n) is 10.0. The molecule has 8 rings (SSSR count). The number of benzene rings is 4. The number of quaternary nitrogens is 2. The van der Waals surface area contributed by atoms with Crippen molar-refractivity contribution < 1.29 is 55.1 Å². The van der Waals surface area contributed by atoms with Gasteiger partial charge in [-0.1, -0.05) is 36.4 Å². The molecular formula is C57H63F6N11O4+2. The van der Waals surface area contributed by atoms with E-state index in [1.54, 1.807) is 70.1 Å². The molecule has 0 unspecified atom stereocenters. The number of carbonyl (C=O) groups is 2. The number of anilines is 4. The Morgan fingerprint density at radius 3 is 1.24 bits per heavy atom.